The average Bonchev–Trinajstić information content (AvgIpc) is 3.17. The lowest BCUT2D eigenvalue weighted by atomic mass is 10.1. The number of anilines is 1. The van der Waals surface area contributed by atoms with E-state index in [1.165, 1.54) is 4.68 Å². The van der Waals surface area contributed by atoms with Crippen molar-refractivity contribution >= 4 is 40.2 Å². The maximum Gasteiger partial charge on any atom is 0.435 e. The number of aryl methyl sites for hydroxylation is 1. The second-order valence-electron chi connectivity index (χ2n) is 9.36. The van der Waals surface area contributed by atoms with Gasteiger partial charge in [-0.25, -0.2) is 4.79 Å². The summed E-state index contributed by atoms with van der Waals surface area (Å²) in [5, 5.41) is 8.53. The highest BCUT2D eigenvalue weighted by atomic mass is 35.5. The normalized spacial score (nSPS) is 11.4. The van der Waals surface area contributed by atoms with Crippen molar-refractivity contribution in [3.05, 3.63) is 82.8 Å². The van der Waals surface area contributed by atoms with Crippen LogP contribution in [0.3, 0.4) is 0 Å². The summed E-state index contributed by atoms with van der Waals surface area (Å²) in [4.78, 5) is 29.3. The summed E-state index contributed by atoms with van der Waals surface area (Å²) in [5.41, 5.74) is 2.82. The molecule has 4 rings (SSSR count). The molecule has 8 nitrogen and oxygen atoms in total. The number of halogens is 1. The molecule has 0 saturated heterocycles. The van der Waals surface area contributed by atoms with E-state index in [4.69, 9.17) is 21.1 Å². The molecule has 0 spiro atoms. The van der Waals surface area contributed by atoms with Crippen LogP contribution in [0.15, 0.2) is 60.9 Å². The van der Waals surface area contributed by atoms with Crippen LogP contribution in [0.1, 0.15) is 37.6 Å². The topological polar surface area (TPSA) is 95.3 Å². The van der Waals surface area contributed by atoms with Gasteiger partial charge in [0.15, 0.2) is 0 Å². The largest absolute Gasteiger partial charge is 0.487 e. The second kappa shape index (κ2) is 10.4. The van der Waals surface area contributed by atoms with E-state index in [1.807, 2.05) is 31.2 Å². The molecule has 1 N–H and O–H groups in total. The molecule has 36 heavy (non-hydrogen) atoms. The first kappa shape index (κ1) is 25.2. The number of nitrogens with one attached hydrogen (secondary N) is 1. The number of para-hydroxylation sites is 1. The predicted molar refractivity (Wildman–Crippen MR) is 138 cm³/mol. The highest BCUT2D eigenvalue weighted by Gasteiger charge is 2.22. The van der Waals surface area contributed by atoms with E-state index in [9.17, 15) is 9.59 Å². The first-order chi connectivity index (χ1) is 17.1. The lowest BCUT2D eigenvalue weighted by Gasteiger charge is -2.19. The highest BCUT2D eigenvalue weighted by molar-refractivity contribution is 6.30. The monoisotopic (exact) mass is 506 g/mol. The van der Waals surface area contributed by atoms with Gasteiger partial charge >= 0.3 is 6.09 Å². The van der Waals surface area contributed by atoms with Gasteiger partial charge in [0, 0.05) is 16.6 Å². The van der Waals surface area contributed by atoms with Crippen molar-refractivity contribution in [2.75, 3.05) is 5.32 Å². The van der Waals surface area contributed by atoms with Crippen LogP contribution in [-0.4, -0.2) is 32.4 Å². The van der Waals surface area contributed by atoms with E-state index in [1.54, 1.807) is 57.4 Å². The van der Waals surface area contributed by atoms with Crippen LogP contribution in [0.5, 0.6) is 5.75 Å². The molecule has 0 unspecified atom stereocenters. The summed E-state index contributed by atoms with van der Waals surface area (Å²) >= 11 is 6.30. The smallest absolute Gasteiger partial charge is 0.435 e. The molecule has 4 aromatic rings. The SMILES string of the molecule is Cc1ccncc1NC(=O)Cc1cc(Cl)cc(OCc2nn(C(=O)OC(C)(C)C)c3ccccc23)c1. The Bertz CT molecular complexity index is 1430. The number of fused-ring (bicyclic) bond motifs is 1. The number of nitrogens with zero attached hydrogens (tertiary/aromatic N) is 3. The van der Waals surface area contributed by atoms with E-state index in [0.717, 1.165) is 10.9 Å². The number of ether oxygens (including phenoxy) is 2. The number of aromatic nitrogens is 3. The van der Waals surface area contributed by atoms with Gasteiger partial charge in [-0.15, -0.1) is 0 Å². The summed E-state index contributed by atoms with van der Waals surface area (Å²) < 4.78 is 12.7. The van der Waals surface area contributed by atoms with Crippen LogP contribution >= 0.6 is 11.6 Å². The average molecular weight is 507 g/mol. The van der Waals surface area contributed by atoms with Gasteiger partial charge in [-0.3, -0.25) is 9.78 Å². The number of benzene rings is 2. The number of carbonyl (C=O) groups excluding carboxylic acids is 2. The van der Waals surface area contributed by atoms with Gasteiger partial charge < -0.3 is 14.8 Å². The first-order valence-corrected chi connectivity index (χ1v) is 11.8. The Kier molecular flexibility index (Phi) is 7.26. The number of hydrogen-bond donors (Lipinski definition) is 1. The minimum Gasteiger partial charge on any atom is -0.487 e. The minimum absolute atomic E-state index is 0.0944. The van der Waals surface area contributed by atoms with Gasteiger partial charge in [-0.1, -0.05) is 29.8 Å². The maximum atomic E-state index is 12.7. The third kappa shape index (κ3) is 6.20. The molecule has 0 bridgehead atoms. The molecule has 0 aliphatic rings. The van der Waals surface area contributed by atoms with E-state index < -0.39 is 11.7 Å². The van der Waals surface area contributed by atoms with Crippen LogP contribution in [0.2, 0.25) is 5.02 Å². The molecule has 0 aliphatic carbocycles. The summed E-state index contributed by atoms with van der Waals surface area (Å²) in [7, 11) is 0. The summed E-state index contributed by atoms with van der Waals surface area (Å²) in [5.74, 6) is 0.292. The van der Waals surface area contributed by atoms with Crippen molar-refractivity contribution in [1.82, 2.24) is 14.8 Å². The Hall–Kier alpha value is -3.91. The number of rotatable bonds is 6. The highest BCUT2D eigenvalue weighted by Crippen LogP contribution is 2.25. The van der Waals surface area contributed by atoms with Crippen molar-refractivity contribution < 1.29 is 19.1 Å². The van der Waals surface area contributed by atoms with Gasteiger partial charge in [-0.05, 0) is 69.2 Å². The molecule has 2 heterocycles. The van der Waals surface area contributed by atoms with Crippen molar-refractivity contribution in [2.45, 2.75) is 46.3 Å². The van der Waals surface area contributed by atoms with Crippen molar-refractivity contribution in [3.8, 4) is 5.75 Å². The second-order valence-corrected chi connectivity index (χ2v) is 9.79. The molecule has 9 heteroatoms. The summed E-state index contributed by atoms with van der Waals surface area (Å²) in [6.07, 6.45) is 2.83. The third-order valence-electron chi connectivity index (χ3n) is 5.21. The lowest BCUT2D eigenvalue weighted by Crippen LogP contribution is -2.27. The third-order valence-corrected chi connectivity index (χ3v) is 5.43. The predicted octanol–water partition coefficient (Wildman–Crippen LogP) is 5.94. The fourth-order valence-electron chi connectivity index (χ4n) is 3.61. The first-order valence-electron chi connectivity index (χ1n) is 11.4. The van der Waals surface area contributed by atoms with Gasteiger partial charge in [0.2, 0.25) is 5.91 Å². The van der Waals surface area contributed by atoms with Crippen LogP contribution in [0, 0.1) is 6.92 Å². The van der Waals surface area contributed by atoms with Crippen LogP contribution in [-0.2, 0) is 22.6 Å². The fraction of sp³-hybridized carbons (Fsp3) is 0.259. The van der Waals surface area contributed by atoms with Gasteiger partial charge in [0.05, 0.1) is 23.8 Å². The molecule has 0 radical (unpaired) electrons. The molecule has 1 amide bonds. The van der Waals surface area contributed by atoms with Gasteiger partial charge in [0.1, 0.15) is 23.7 Å². The van der Waals surface area contributed by atoms with E-state index in [-0.39, 0.29) is 18.9 Å². The molecule has 0 aliphatic heterocycles. The van der Waals surface area contributed by atoms with Crippen LogP contribution in [0.25, 0.3) is 10.9 Å². The maximum absolute atomic E-state index is 12.7. The Morgan fingerprint density at radius 2 is 1.89 bits per heavy atom. The zero-order valence-corrected chi connectivity index (χ0v) is 21.3. The lowest BCUT2D eigenvalue weighted by molar-refractivity contribution is -0.115. The quantitative estimate of drug-likeness (QED) is 0.348. The standard InChI is InChI=1S/C27H27ClN4O4/c1-17-9-10-29-15-22(17)30-25(33)13-18-11-19(28)14-20(12-18)35-16-23-21-7-5-6-8-24(21)32(31-23)26(34)36-27(2,3)4/h5-12,14-15H,13,16H2,1-4H3,(H,30,33). The number of amides is 1. The van der Waals surface area contributed by atoms with Crippen LogP contribution in [0.4, 0.5) is 10.5 Å². The Balaban J connectivity index is 1.50. The zero-order chi connectivity index (χ0) is 25.9. The van der Waals surface area contributed by atoms with Gasteiger partial charge in [-0.2, -0.15) is 9.78 Å². The molecule has 0 atom stereocenters. The molecule has 0 fully saturated rings. The molecular weight excluding hydrogens is 480 g/mol. The number of carbonyl (C=O) groups is 2. The molecule has 2 aromatic heterocycles. The van der Waals surface area contributed by atoms with Crippen molar-refractivity contribution in [1.29, 1.82) is 0 Å². The molecule has 186 valence electrons. The molecule has 0 saturated carbocycles. The van der Waals surface area contributed by atoms with Crippen LogP contribution < -0.4 is 10.1 Å². The number of hydrogen-bond acceptors (Lipinski definition) is 6. The number of pyridine rings is 1. The summed E-state index contributed by atoms with van der Waals surface area (Å²) in [6, 6.07) is 14.3. The Morgan fingerprint density at radius 1 is 1.11 bits per heavy atom. The summed E-state index contributed by atoms with van der Waals surface area (Å²) in [6.45, 7) is 7.40. The van der Waals surface area contributed by atoms with E-state index in [2.05, 4.69) is 15.4 Å². The van der Waals surface area contributed by atoms with E-state index >= 15 is 0 Å². The fourth-order valence-corrected chi connectivity index (χ4v) is 3.86. The zero-order valence-electron chi connectivity index (χ0n) is 20.5. The van der Waals surface area contributed by atoms with E-state index in [0.29, 0.717) is 33.2 Å². The van der Waals surface area contributed by atoms with Crippen molar-refractivity contribution in [2.24, 2.45) is 0 Å². The minimum atomic E-state index is -0.653. The van der Waals surface area contributed by atoms with Crippen molar-refractivity contribution in [3.63, 3.8) is 0 Å². The Morgan fingerprint density at radius 3 is 2.64 bits per heavy atom. The Labute approximate surface area is 214 Å². The molecular formula is C27H27ClN4O4. The van der Waals surface area contributed by atoms with Gasteiger partial charge in [0.25, 0.3) is 0 Å². The molecule has 2 aromatic carbocycles.